The van der Waals surface area contributed by atoms with Gasteiger partial charge < -0.3 is 0 Å². The minimum Gasteiger partial charge on any atom is -0.291 e. The standard InChI is InChI=1S/C6H5Cl2NO2/c1-2-3(7)4(8)6(11)9-5(2)10/h2H,1H3,(H,9,10,11). The molecule has 1 rings (SSSR count). The topological polar surface area (TPSA) is 46.2 Å². The molecule has 2 amide bonds. The normalized spacial score (nSPS) is 25.5. The van der Waals surface area contributed by atoms with Crippen LogP contribution in [0.2, 0.25) is 0 Å². The Morgan fingerprint density at radius 3 is 2.45 bits per heavy atom. The Kier molecular flexibility index (Phi) is 2.20. The van der Waals surface area contributed by atoms with Gasteiger partial charge in [-0.2, -0.15) is 0 Å². The second-order valence-electron chi connectivity index (χ2n) is 2.20. The number of hydrogen-bond donors (Lipinski definition) is 1. The lowest BCUT2D eigenvalue weighted by molar-refractivity contribution is -0.130. The first kappa shape index (κ1) is 8.56. The van der Waals surface area contributed by atoms with Gasteiger partial charge in [-0.1, -0.05) is 23.2 Å². The zero-order chi connectivity index (χ0) is 8.59. The SMILES string of the molecule is CC1C(=O)NC(=O)C(Cl)=C1Cl. The van der Waals surface area contributed by atoms with E-state index in [1.54, 1.807) is 6.92 Å². The zero-order valence-electron chi connectivity index (χ0n) is 5.65. The van der Waals surface area contributed by atoms with Crippen LogP contribution in [0.3, 0.4) is 0 Å². The molecule has 1 unspecified atom stereocenters. The van der Waals surface area contributed by atoms with Crippen LogP contribution in [0.25, 0.3) is 0 Å². The summed E-state index contributed by atoms with van der Waals surface area (Å²) in [5.41, 5.74) is 0. The van der Waals surface area contributed by atoms with Gasteiger partial charge in [0.25, 0.3) is 5.91 Å². The number of imide groups is 1. The molecule has 3 nitrogen and oxygen atoms in total. The highest BCUT2D eigenvalue weighted by atomic mass is 35.5. The molecule has 11 heavy (non-hydrogen) atoms. The predicted octanol–water partition coefficient (Wildman–Crippen LogP) is 0.968. The molecule has 0 aliphatic carbocycles. The van der Waals surface area contributed by atoms with Crippen LogP contribution in [0.4, 0.5) is 0 Å². The van der Waals surface area contributed by atoms with Crippen LogP contribution in [0.1, 0.15) is 6.92 Å². The summed E-state index contributed by atoms with van der Waals surface area (Å²) in [6.45, 7) is 1.58. The summed E-state index contributed by atoms with van der Waals surface area (Å²) in [5, 5.41) is 2.07. The molecule has 0 fully saturated rings. The average molecular weight is 194 g/mol. The van der Waals surface area contributed by atoms with Gasteiger partial charge in [0.05, 0.1) is 11.0 Å². The minimum atomic E-state index is -0.625. The van der Waals surface area contributed by atoms with Gasteiger partial charge in [-0.3, -0.25) is 14.9 Å². The van der Waals surface area contributed by atoms with Crippen LogP contribution in [0.15, 0.2) is 10.1 Å². The first-order valence-corrected chi connectivity index (χ1v) is 3.70. The summed E-state index contributed by atoms with van der Waals surface area (Å²) in [4.78, 5) is 21.6. The molecule has 0 aromatic heterocycles. The van der Waals surface area contributed by atoms with Crippen molar-refractivity contribution in [1.82, 2.24) is 5.32 Å². The Morgan fingerprint density at radius 2 is 1.91 bits per heavy atom. The fourth-order valence-corrected chi connectivity index (χ4v) is 1.08. The van der Waals surface area contributed by atoms with Crippen LogP contribution in [0, 0.1) is 5.92 Å². The third-order valence-corrected chi connectivity index (χ3v) is 2.41. The highest BCUT2D eigenvalue weighted by molar-refractivity contribution is 6.50. The maximum atomic E-state index is 10.9. The van der Waals surface area contributed by atoms with Crippen molar-refractivity contribution in [1.29, 1.82) is 0 Å². The maximum absolute atomic E-state index is 10.9. The molecule has 5 heteroatoms. The molecule has 1 aliphatic heterocycles. The molecule has 0 bridgehead atoms. The summed E-state index contributed by atoms with van der Waals surface area (Å²) >= 11 is 11.0. The third-order valence-electron chi connectivity index (χ3n) is 1.42. The number of amides is 2. The molecule has 0 radical (unpaired) electrons. The van der Waals surface area contributed by atoms with Crippen LogP contribution in [0.5, 0.6) is 0 Å². The molecule has 0 aromatic carbocycles. The van der Waals surface area contributed by atoms with Gasteiger partial charge in [-0.25, -0.2) is 0 Å². The smallest absolute Gasteiger partial charge is 0.270 e. The van der Waals surface area contributed by atoms with Gasteiger partial charge in [0.1, 0.15) is 5.03 Å². The molecular formula is C6H5Cl2NO2. The van der Waals surface area contributed by atoms with Crippen molar-refractivity contribution in [3.63, 3.8) is 0 Å². The maximum Gasteiger partial charge on any atom is 0.270 e. The monoisotopic (exact) mass is 193 g/mol. The Labute approximate surface area is 73.3 Å². The van der Waals surface area contributed by atoms with Gasteiger partial charge in [-0.15, -0.1) is 0 Å². The van der Waals surface area contributed by atoms with E-state index in [2.05, 4.69) is 5.32 Å². The Balaban J connectivity index is 3.08. The molecule has 60 valence electrons. The lowest BCUT2D eigenvalue weighted by Crippen LogP contribution is -2.39. The largest absolute Gasteiger partial charge is 0.291 e. The molecule has 1 atom stereocenters. The Morgan fingerprint density at radius 1 is 1.36 bits per heavy atom. The fraction of sp³-hybridized carbons (Fsp3) is 0.333. The zero-order valence-corrected chi connectivity index (χ0v) is 7.16. The first-order chi connectivity index (χ1) is 5.04. The summed E-state index contributed by atoms with van der Waals surface area (Å²) in [7, 11) is 0. The molecule has 1 N–H and O–H groups in total. The van der Waals surface area contributed by atoms with E-state index in [4.69, 9.17) is 23.2 Å². The highest BCUT2D eigenvalue weighted by Crippen LogP contribution is 2.25. The Bertz CT molecular complexity index is 259. The van der Waals surface area contributed by atoms with E-state index in [0.29, 0.717) is 0 Å². The fourth-order valence-electron chi connectivity index (χ4n) is 0.689. The van der Waals surface area contributed by atoms with E-state index < -0.39 is 17.7 Å². The second kappa shape index (κ2) is 2.83. The number of halogens is 2. The summed E-state index contributed by atoms with van der Waals surface area (Å²) in [6.07, 6.45) is 0. The number of carbonyl (C=O) groups excluding carboxylic acids is 2. The highest BCUT2D eigenvalue weighted by Gasteiger charge is 2.29. The number of nitrogens with one attached hydrogen (secondary N) is 1. The van der Waals surface area contributed by atoms with E-state index in [1.165, 1.54) is 0 Å². The molecule has 1 aliphatic rings. The molecule has 0 saturated heterocycles. The van der Waals surface area contributed by atoms with Crippen LogP contribution in [-0.2, 0) is 9.59 Å². The number of carbonyl (C=O) groups is 2. The van der Waals surface area contributed by atoms with Crippen LogP contribution >= 0.6 is 23.2 Å². The number of rotatable bonds is 0. The first-order valence-electron chi connectivity index (χ1n) is 2.94. The van der Waals surface area contributed by atoms with Gasteiger partial charge in [0.15, 0.2) is 0 Å². The minimum absolute atomic E-state index is 0.0984. The lowest BCUT2D eigenvalue weighted by atomic mass is 10.1. The quantitative estimate of drug-likeness (QED) is 0.584. The van der Waals surface area contributed by atoms with Crippen molar-refractivity contribution in [2.24, 2.45) is 5.92 Å². The Hall–Kier alpha value is -0.540. The lowest BCUT2D eigenvalue weighted by Gasteiger charge is -2.16. The summed E-state index contributed by atoms with van der Waals surface area (Å²) < 4.78 is 0. The van der Waals surface area contributed by atoms with Gasteiger partial charge in [-0.05, 0) is 6.92 Å². The van der Waals surface area contributed by atoms with Crippen molar-refractivity contribution in [3.8, 4) is 0 Å². The van der Waals surface area contributed by atoms with Crippen LogP contribution < -0.4 is 5.32 Å². The molecule has 0 saturated carbocycles. The van der Waals surface area contributed by atoms with E-state index >= 15 is 0 Å². The molecular weight excluding hydrogens is 189 g/mol. The number of hydrogen-bond acceptors (Lipinski definition) is 2. The summed E-state index contributed by atoms with van der Waals surface area (Å²) in [5.74, 6) is -1.56. The van der Waals surface area contributed by atoms with Crippen molar-refractivity contribution < 1.29 is 9.59 Å². The average Bonchev–Trinajstić information content (AvgIpc) is 1.97. The van der Waals surface area contributed by atoms with E-state index in [0.717, 1.165) is 0 Å². The van der Waals surface area contributed by atoms with E-state index in [9.17, 15) is 9.59 Å². The predicted molar refractivity (Wildman–Crippen MR) is 41.0 cm³/mol. The van der Waals surface area contributed by atoms with E-state index in [-0.39, 0.29) is 10.1 Å². The molecule has 0 aromatic rings. The van der Waals surface area contributed by atoms with Gasteiger partial charge >= 0.3 is 0 Å². The molecule has 1 heterocycles. The molecule has 0 spiro atoms. The van der Waals surface area contributed by atoms with Gasteiger partial charge in [0, 0.05) is 0 Å². The van der Waals surface area contributed by atoms with Gasteiger partial charge in [0.2, 0.25) is 5.91 Å². The van der Waals surface area contributed by atoms with Crippen molar-refractivity contribution in [2.45, 2.75) is 6.92 Å². The third kappa shape index (κ3) is 1.39. The second-order valence-corrected chi connectivity index (χ2v) is 2.99. The van der Waals surface area contributed by atoms with E-state index in [1.807, 2.05) is 0 Å². The van der Waals surface area contributed by atoms with Crippen molar-refractivity contribution in [2.75, 3.05) is 0 Å². The summed E-state index contributed by atoms with van der Waals surface area (Å²) in [6, 6.07) is 0. The van der Waals surface area contributed by atoms with Crippen molar-refractivity contribution in [3.05, 3.63) is 10.1 Å². The van der Waals surface area contributed by atoms with Crippen molar-refractivity contribution >= 4 is 35.0 Å². The van der Waals surface area contributed by atoms with Crippen LogP contribution in [-0.4, -0.2) is 11.8 Å².